The maximum absolute atomic E-state index is 12.4. The molecule has 0 fully saturated rings. The van der Waals surface area contributed by atoms with Gasteiger partial charge in [0.05, 0.1) is 18.2 Å². The van der Waals surface area contributed by atoms with Crippen molar-refractivity contribution in [2.45, 2.75) is 19.9 Å². The molecule has 1 aromatic carbocycles. The molecule has 1 aromatic rings. The number of benzene rings is 1. The summed E-state index contributed by atoms with van der Waals surface area (Å²) in [7, 11) is 1.23. The Kier molecular flexibility index (Phi) is 3.70. The summed E-state index contributed by atoms with van der Waals surface area (Å²) in [6.07, 6.45) is 1.69. The molecule has 2 rings (SSSR count). The summed E-state index contributed by atoms with van der Waals surface area (Å²) in [6.45, 7) is 3.43. The van der Waals surface area contributed by atoms with Crippen LogP contribution in [0, 0.1) is 0 Å². The second-order valence-corrected chi connectivity index (χ2v) is 4.48. The van der Waals surface area contributed by atoms with Crippen LogP contribution >= 0.6 is 0 Å². The molecular weight excluding hydrogens is 258 g/mol. The lowest BCUT2D eigenvalue weighted by molar-refractivity contribution is -0.143. The van der Waals surface area contributed by atoms with E-state index in [0.717, 1.165) is 4.90 Å². The summed E-state index contributed by atoms with van der Waals surface area (Å²) in [4.78, 5) is 37.6. The molecule has 104 valence electrons. The van der Waals surface area contributed by atoms with Gasteiger partial charge in [0.2, 0.25) is 0 Å². The Morgan fingerprint density at radius 3 is 2.10 bits per heavy atom. The topological polar surface area (TPSA) is 63.7 Å². The predicted molar refractivity (Wildman–Crippen MR) is 72.2 cm³/mol. The molecule has 0 aliphatic carbocycles. The van der Waals surface area contributed by atoms with E-state index in [4.69, 9.17) is 4.74 Å². The van der Waals surface area contributed by atoms with Gasteiger partial charge in [-0.05, 0) is 31.6 Å². The van der Waals surface area contributed by atoms with Crippen LogP contribution in [0.15, 0.2) is 35.9 Å². The van der Waals surface area contributed by atoms with Crippen molar-refractivity contribution in [2.75, 3.05) is 7.11 Å². The van der Waals surface area contributed by atoms with Crippen LogP contribution in [0.1, 0.15) is 34.6 Å². The number of methoxy groups -OCH3 is 1. The number of hydrogen-bond acceptors (Lipinski definition) is 4. The molecule has 2 amide bonds. The molecule has 1 atom stereocenters. The highest BCUT2D eigenvalue weighted by molar-refractivity contribution is 6.23. The fourth-order valence-electron chi connectivity index (χ4n) is 2.21. The van der Waals surface area contributed by atoms with Crippen molar-refractivity contribution >= 4 is 17.8 Å². The highest BCUT2D eigenvalue weighted by Crippen LogP contribution is 2.27. The van der Waals surface area contributed by atoms with Crippen molar-refractivity contribution in [2.24, 2.45) is 0 Å². The van der Waals surface area contributed by atoms with Crippen molar-refractivity contribution in [1.29, 1.82) is 0 Å². The summed E-state index contributed by atoms with van der Waals surface area (Å²) in [5.41, 5.74) is 1.22. The van der Waals surface area contributed by atoms with Gasteiger partial charge in [0, 0.05) is 0 Å². The Bertz CT molecular complexity index is 583. The second-order valence-electron chi connectivity index (χ2n) is 4.48. The first-order valence-electron chi connectivity index (χ1n) is 6.20. The monoisotopic (exact) mass is 273 g/mol. The van der Waals surface area contributed by atoms with E-state index in [0.29, 0.717) is 16.7 Å². The van der Waals surface area contributed by atoms with Crippen LogP contribution in [-0.4, -0.2) is 35.8 Å². The molecule has 0 N–H and O–H groups in total. The van der Waals surface area contributed by atoms with Gasteiger partial charge in [-0.2, -0.15) is 0 Å². The molecule has 0 bridgehead atoms. The van der Waals surface area contributed by atoms with E-state index in [2.05, 4.69) is 0 Å². The van der Waals surface area contributed by atoms with Crippen LogP contribution in [-0.2, 0) is 9.53 Å². The smallest absolute Gasteiger partial charge is 0.333 e. The van der Waals surface area contributed by atoms with Crippen molar-refractivity contribution in [1.82, 2.24) is 4.90 Å². The van der Waals surface area contributed by atoms with Crippen LogP contribution in [0.2, 0.25) is 0 Å². The summed E-state index contributed by atoms with van der Waals surface area (Å²) >= 11 is 0. The lowest BCUT2D eigenvalue weighted by Crippen LogP contribution is -2.46. The Morgan fingerprint density at radius 1 is 1.20 bits per heavy atom. The Hall–Kier alpha value is -2.43. The Labute approximate surface area is 116 Å². The molecule has 20 heavy (non-hydrogen) atoms. The third-order valence-corrected chi connectivity index (χ3v) is 3.39. The quantitative estimate of drug-likeness (QED) is 0.478. The van der Waals surface area contributed by atoms with E-state index in [9.17, 15) is 14.4 Å². The predicted octanol–water partition coefficient (Wildman–Crippen LogP) is 1.79. The van der Waals surface area contributed by atoms with E-state index >= 15 is 0 Å². The molecule has 1 aliphatic heterocycles. The minimum Gasteiger partial charge on any atom is -0.467 e. The number of carbonyl (C=O) groups excluding carboxylic acids is 3. The number of rotatable bonds is 3. The van der Waals surface area contributed by atoms with Crippen molar-refractivity contribution < 1.29 is 19.1 Å². The number of imide groups is 1. The fraction of sp³-hybridized carbons (Fsp3) is 0.267. The van der Waals surface area contributed by atoms with Gasteiger partial charge in [0.15, 0.2) is 6.04 Å². The number of fused-ring (bicyclic) bond motifs is 1. The number of allylic oxidation sites excluding steroid dienone is 1. The van der Waals surface area contributed by atoms with E-state index in [-0.39, 0.29) is 0 Å². The highest BCUT2D eigenvalue weighted by Gasteiger charge is 2.43. The van der Waals surface area contributed by atoms with Crippen molar-refractivity contribution in [3.63, 3.8) is 0 Å². The molecule has 1 aliphatic rings. The Balaban J connectivity index is 2.50. The first-order chi connectivity index (χ1) is 9.52. The molecule has 5 nitrogen and oxygen atoms in total. The van der Waals surface area contributed by atoms with Crippen molar-refractivity contribution in [3.05, 3.63) is 47.0 Å². The minimum absolute atomic E-state index is 0.315. The number of nitrogens with zero attached hydrogens (tertiary/aromatic N) is 1. The van der Waals surface area contributed by atoms with Gasteiger partial charge >= 0.3 is 5.97 Å². The third kappa shape index (κ3) is 2.01. The summed E-state index contributed by atoms with van der Waals surface area (Å²) in [6, 6.07) is 5.51. The molecule has 0 spiro atoms. The number of hydrogen-bond donors (Lipinski definition) is 0. The minimum atomic E-state index is -1.02. The zero-order valence-corrected chi connectivity index (χ0v) is 11.5. The normalized spacial score (nSPS) is 16.1. The molecule has 5 heteroatoms. The van der Waals surface area contributed by atoms with Gasteiger partial charge in [-0.25, -0.2) is 4.79 Å². The molecule has 0 unspecified atom stereocenters. The standard InChI is InChI=1S/C15H15NO4/c1-4-9(2)12(15(19)20-3)16-13(17)10-7-5-6-8-11(10)14(16)18/h4-8,12H,1-3H3/b9-4-/t12-/m0/s1. The maximum Gasteiger partial charge on any atom is 0.333 e. The largest absolute Gasteiger partial charge is 0.467 e. The summed E-state index contributed by atoms with van der Waals surface area (Å²) in [5, 5.41) is 0. The van der Waals surface area contributed by atoms with Gasteiger partial charge in [0.25, 0.3) is 11.8 Å². The van der Waals surface area contributed by atoms with Crippen molar-refractivity contribution in [3.8, 4) is 0 Å². The van der Waals surface area contributed by atoms with Gasteiger partial charge in [0.1, 0.15) is 0 Å². The third-order valence-electron chi connectivity index (χ3n) is 3.39. The van der Waals surface area contributed by atoms with Crippen LogP contribution in [0.3, 0.4) is 0 Å². The summed E-state index contributed by atoms with van der Waals surface area (Å²) < 4.78 is 4.72. The molecule has 0 saturated heterocycles. The summed E-state index contributed by atoms with van der Waals surface area (Å²) in [5.74, 6) is -1.57. The van der Waals surface area contributed by atoms with Gasteiger partial charge in [-0.1, -0.05) is 18.2 Å². The van der Waals surface area contributed by atoms with Gasteiger partial charge < -0.3 is 4.74 Å². The van der Waals surface area contributed by atoms with Crippen LogP contribution in [0.5, 0.6) is 0 Å². The Morgan fingerprint density at radius 2 is 1.70 bits per heavy atom. The average Bonchev–Trinajstić information content (AvgIpc) is 2.72. The molecule has 1 heterocycles. The second kappa shape index (κ2) is 5.28. The molecular formula is C15H15NO4. The van der Waals surface area contributed by atoms with E-state index in [1.807, 2.05) is 0 Å². The number of ether oxygens (including phenoxy) is 1. The number of esters is 1. The van der Waals surface area contributed by atoms with Crippen LogP contribution in [0.4, 0.5) is 0 Å². The average molecular weight is 273 g/mol. The zero-order valence-electron chi connectivity index (χ0n) is 11.5. The van der Waals surface area contributed by atoms with E-state index < -0.39 is 23.8 Å². The van der Waals surface area contributed by atoms with Gasteiger partial charge in [-0.3, -0.25) is 14.5 Å². The first kappa shape index (κ1) is 14.0. The number of carbonyl (C=O) groups is 3. The first-order valence-corrected chi connectivity index (χ1v) is 6.20. The fourth-order valence-corrected chi connectivity index (χ4v) is 2.21. The highest BCUT2D eigenvalue weighted by atomic mass is 16.5. The van der Waals surface area contributed by atoms with Crippen LogP contribution in [0.25, 0.3) is 0 Å². The maximum atomic E-state index is 12.4. The molecule has 0 radical (unpaired) electrons. The lowest BCUT2D eigenvalue weighted by Gasteiger charge is -2.24. The zero-order chi connectivity index (χ0) is 14.9. The number of amides is 2. The SMILES string of the molecule is C/C=C(/C)[C@@H](C(=O)OC)N1C(=O)c2ccccc2C1=O. The molecule has 0 saturated carbocycles. The lowest BCUT2D eigenvalue weighted by atomic mass is 10.1. The van der Waals surface area contributed by atoms with E-state index in [1.165, 1.54) is 7.11 Å². The van der Waals surface area contributed by atoms with E-state index in [1.54, 1.807) is 44.2 Å². The van der Waals surface area contributed by atoms with Gasteiger partial charge in [-0.15, -0.1) is 0 Å². The van der Waals surface area contributed by atoms with Crippen LogP contribution < -0.4 is 0 Å². The molecule has 0 aromatic heterocycles.